The fourth-order valence-corrected chi connectivity index (χ4v) is 5.39. The highest BCUT2D eigenvalue weighted by Crippen LogP contribution is 2.43. The van der Waals surface area contributed by atoms with Crippen molar-refractivity contribution < 1.29 is 14.3 Å². The van der Waals surface area contributed by atoms with E-state index in [4.69, 9.17) is 21.7 Å². The molecule has 9 heteroatoms. The van der Waals surface area contributed by atoms with Crippen molar-refractivity contribution >= 4 is 34.6 Å². The topological polar surface area (TPSA) is 80.7 Å². The molecule has 2 saturated heterocycles. The number of aromatic nitrogens is 2. The molecule has 0 radical (unpaired) electrons. The Hall–Kier alpha value is -3.43. The van der Waals surface area contributed by atoms with Gasteiger partial charge in [0.25, 0.3) is 0 Å². The van der Waals surface area contributed by atoms with Crippen molar-refractivity contribution in [2.45, 2.75) is 58.3 Å². The van der Waals surface area contributed by atoms with E-state index in [0.717, 1.165) is 43.1 Å². The van der Waals surface area contributed by atoms with E-state index in [1.807, 2.05) is 57.2 Å². The smallest absolute Gasteiger partial charge is 0.229 e. The molecule has 0 unspecified atom stereocenters. The molecule has 0 spiro atoms. The van der Waals surface area contributed by atoms with Crippen molar-refractivity contribution in [2.75, 3.05) is 23.9 Å². The lowest BCUT2D eigenvalue weighted by molar-refractivity contribution is -0.123. The van der Waals surface area contributed by atoms with E-state index in [-0.39, 0.29) is 24.1 Å². The van der Waals surface area contributed by atoms with Crippen LogP contribution in [0.25, 0.3) is 0 Å². The van der Waals surface area contributed by atoms with E-state index in [1.54, 1.807) is 13.3 Å². The Labute approximate surface area is 229 Å². The van der Waals surface area contributed by atoms with Crippen LogP contribution in [0.3, 0.4) is 0 Å². The van der Waals surface area contributed by atoms with E-state index < -0.39 is 5.41 Å². The highest BCUT2D eigenvalue weighted by atomic mass is 32.1. The van der Waals surface area contributed by atoms with Crippen LogP contribution in [0, 0.1) is 5.41 Å². The number of hydrogen-bond donors (Lipinski definition) is 2. The number of benzene rings is 1. The molecule has 0 bridgehead atoms. The first-order valence-electron chi connectivity index (χ1n) is 13.0. The fraction of sp³-hybridized carbons (Fsp3) is 0.414. The fourth-order valence-electron chi connectivity index (χ4n) is 5.05. The third-order valence-electron chi connectivity index (χ3n) is 7.08. The Morgan fingerprint density at radius 1 is 1.24 bits per heavy atom. The molecule has 1 amide bonds. The molecule has 3 aromatic rings. The minimum absolute atomic E-state index is 0.0815. The van der Waals surface area contributed by atoms with Crippen LogP contribution in [0.15, 0.2) is 60.9 Å². The number of ether oxygens (including phenoxy) is 2. The van der Waals surface area contributed by atoms with E-state index in [0.29, 0.717) is 16.5 Å². The van der Waals surface area contributed by atoms with Crippen molar-refractivity contribution in [3.8, 4) is 5.75 Å². The van der Waals surface area contributed by atoms with Crippen LogP contribution in [0.4, 0.5) is 11.4 Å². The number of carbonyl (C=O) groups is 1. The Bertz CT molecular complexity index is 1300. The molecule has 2 aliphatic heterocycles. The van der Waals surface area contributed by atoms with E-state index in [1.165, 1.54) is 0 Å². The van der Waals surface area contributed by atoms with Gasteiger partial charge >= 0.3 is 0 Å². The van der Waals surface area contributed by atoms with Gasteiger partial charge in [-0.05, 0) is 61.5 Å². The van der Waals surface area contributed by atoms with Crippen molar-refractivity contribution in [3.05, 3.63) is 72.3 Å². The average Bonchev–Trinajstić information content (AvgIpc) is 3.65. The van der Waals surface area contributed by atoms with Crippen LogP contribution in [0.2, 0.25) is 0 Å². The maximum absolute atomic E-state index is 12.7. The lowest BCUT2D eigenvalue weighted by Crippen LogP contribution is -2.31. The molecule has 200 valence electrons. The van der Waals surface area contributed by atoms with Crippen LogP contribution in [0.1, 0.15) is 57.1 Å². The summed E-state index contributed by atoms with van der Waals surface area (Å²) in [5.74, 6) is 0.486. The zero-order valence-corrected chi connectivity index (χ0v) is 23.1. The summed E-state index contributed by atoms with van der Waals surface area (Å²) < 4.78 is 13.9. The van der Waals surface area contributed by atoms with Crippen molar-refractivity contribution in [3.63, 3.8) is 0 Å². The third kappa shape index (κ3) is 5.26. The van der Waals surface area contributed by atoms with Crippen LogP contribution >= 0.6 is 12.2 Å². The molecule has 4 heterocycles. The van der Waals surface area contributed by atoms with Gasteiger partial charge in [0.2, 0.25) is 5.91 Å². The number of hydrogen-bond acceptors (Lipinski definition) is 5. The second-order valence-electron chi connectivity index (χ2n) is 10.8. The maximum Gasteiger partial charge on any atom is 0.229 e. The second-order valence-corrected chi connectivity index (χ2v) is 11.2. The van der Waals surface area contributed by atoms with E-state index in [9.17, 15) is 4.79 Å². The first-order valence-corrected chi connectivity index (χ1v) is 13.4. The van der Waals surface area contributed by atoms with Crippen molar-refractivity contribution in [1.82, 2.24) is 14.9 Å². The summed E-state index contributed by atoms with van der Waals surface area (Å²) in [5.41, 5.74) is 2.98. The summed E-state index contributed by atoms with van der Waals surface area (Å²) in [5, 5.41) is 7.12. The monoisotopic (exact) mass is 533 g/mol. The Morgan fingerprint density at radius 2 is 2.08 bits per heavy atom. The summed E-state index contributed by atoms with van der Waals surface area (Å²) in [6.45, 7) is 7.25. The molecule has 3 atom stereocenters. The lowest BCUT2D eigenvalue weighted by atomic mass is 9.95. The number of nitrogens with one attached hydrogen (secondary N) is 2. The summed E-state index contributed by atoms with van der Waals surface area (Å²) >= 11 is 5.91. The SMILES string of the molecule is COc1cc(N2C(=S)N[C@@H](c3ccccn3)[C@@H]2c2cccn2C[C@@H]2CCCO2)ccc1NC(=O)C(C)(C)C. The van der Waals surface area contributed by atoms with Crippen LogP contribution in [0.5, 0.6) is 5.75 Å². The molecule has 38 heavy (non-hydrogen) atoms. The molecular weight excluding hydrogens is 498 g/mol. The Kier molecular flexibility index (Phi) is 7.40. The molecule has 8 nitrogen and oxygen atoms in total. The minimum Gasteiger partial charge on any atom is -0.494 e. The second kappa shape index (κ2) is 10.7. The standard InChI is InChI=1S/C29H35N5O3S/c1-29(2,3)27(35)31-21-13-12-19(17-24(21)36-4)34-26(25(32-28(34)38)22-10-5-6-14-30-22)23-11-7-15-33(23)18-20-9-8-16-37-20/h5-7,10-15,17,20,25-26H,8-9,16,18H2,1-4H3,(H,31,35)(H,32,38)/t20-,25-,26-/m0/s1. The summed E-state index contributed by atoms with van der Waals surface area (Å²) in [6.07, 6.45) is 6.27. The zero-order valence-electron chi connectivity index (χ0n) is 22.3. The van der Waals surface area contributed by atoms with Gasteiger partial charge in [-0.25, -0.2) is 0 Å². The zero-order chi connectivity index (χ0) is 26.9. The van der Waals surface area contributed by atoms with Crippen LogP contribution in [-0.2, 0) is 16.1 Å². The number of carbonyl (C=O) groups excluding carboxylic acids is 1. The van der Waals surface area contributed by atoms with E-state index in [2.05, 4.69) is 43.4 Å². The number of thiocarbonyl (C=S) groups is 1. The lowest BCUT2D eigenvalue weighted by Gasteiger charge is -2.30. The molecule has 2 N–H and O–H groups in total. The molecule has 0 aliphatic carbocycles. The number of pyridine rings is 1. The van der Waals surface area contributed by atoms with Gasteiger partial charge in [-0.2, -0.15) is 0 Å². The Morgan fingerprint density at radius 3 is 2.76 bits per heavy atom. The average molecular weight is 534 g/mol. The number of amides is 1. The first-order chi connectivity index (χ1) is 18.3. The third-order valence-corrected chi connectivity index (χ3v) is 7.40. The van der Waals surface area contributed by atoms with Gasteiger partial charge in [-0.1, -0.05) is 26.8 Å². The van der Waals surface area contributed by atoms with Gasteiger partial charge in [0, 0.05) is 48.4 Å². The minimum atomic E-state index is -0.528. The summed E-state index contributed by atoms with van der Waals surface area (Å²) in [7, 11) is 1.60. The Balaban J connectivity index is 1.54. The van der Waals surface area contributed by atoms with Crippen LogP contribution < -0.4 is 20.3 Å². The van der Waals surface area contributed by atoms with Gasteiger partial charge < -0.3 is 29.6 Å². The normalized spacial score (nSPS) is 21.4. The molecule has 2 aliphatic rings. The number of methoxy groups -OCH3 is 1. The molecule has 2 fully saturated rings. The number of nitrogens with zero attached hydrogens (tertiary/aromatic N) is 3. The predicted octanol–water partition coefficient (Wildman–Crippen LogP) is 5.23. The molecular formula is C29H35N5O3S. The molecule has 5 rings (SSSR count). The van der Waals surface area contributed by atoms with Crippen molar-refractivity contribution in [1.29, 1.82) is 0 Å². The van der Waals surface area contributed by atoms with Gasteiger partial charge in [0.05, 0.1) is 30.6 Å². The summed E-state index contributed by atoms with van der Waals surface area (Å²) in [4.78, 5) is 19.4. The molecule has 1 aromatic carbocycles. The number of rotatable bonds is 7. The number of anilines is 2. The molecule has 0 saturated carbocycles. The first kappa shape index (κ1) is 26.2. The highest BCUT2D eigenvalue weighted by molar-refractivity contribution is 7.80. The van der Waals surface area contributed by atoms with E-state index >= 15 is 0 Å². The maximum atomic E-state index is 12.7. The summed E-state index contributed by atoms with van der Waals surface area (Å²) in [6, 6.07) is 15.6. The van der Waals surface area contributed by atoms with Gasteiger partial charge in [-0.15, -0.1) is 0 Å². The van der Waals surface area contributed by atoms with Crippen LogP contribution in [-0.4, -0.2) is 40.4 Å². The predicted molar refractivity (Wildman–Crippen MR) is 152 cm³/mol. The van der Waals surface area contributed by atoms with Gasteiger partial charge in [0.1, 0.15) is 11.8 Å². The molecule has 2 aromatic heterocycles. The quantitative estimate of drug-likeness (QED) is 0.403. The largest absolute Gasteiger partial charge is 0.494 e. The van der Waals surface area contributed by atoms with Crippen molar-refractivity contribution in [2.24, 2.45) is 5.41 Å². The van der Waals surface area contributed by atoms with Gasteiger partial charge in [0.15, 0.2) is 5.11 Å². The highest BCUT2D eigenvalue weighted by Gasteiger charge is 2.42. The van der Waals surface area contributed by atoms with Gasteiger partial charge in [-0.3, -0.25) is 9.78 Å².